The SMILES string of the molecule is CCCCCC/C=C\CCCCCCCCCC(=O)OC(COC(=O)CCCCCCCCCCCCCCCC)COP(=O)(O)OC1C(OC2OC(CO)C(O)C(O)C2O)C(O)C(O)C(O)C1OC1OC(COC(=O)CCCCCCCCCCCCCCCC)C(O)C(O)C1O. The minimum absolute atomic E-state index is 0.0324. The van der Waals surface area contributed by atoms with Gasteiger partial charge in [-0.25, -0.2) is 4.57 Å². The molecule has 98 heavy (non-hydrogen) atoms. The highest BCUT2D eigenvalue weighted by atomic mass is 31.2. The van der Waals surface area contributed by atoms with Gasteiger partial charge in [0.15, 0.2) is 18.7 Å². The first kappa shape index (κ1) is 89.9. The van der Waals surface area contributed by atoms with Gasteiger partial charge in [-0.15, -0.1) is 0 Å². The molecule has 1 saturated carbocycles. The maximum atomic E-state index is 14.3. The zero-order valence-electron chi connectivity index (χ0n) is 60.1. The summed E-state index contributed by atoms with van der Waals surface area (Å²) in [5.74, 6) is -1.98. The largest absolute Gasteiger partial charge is 0.472 e. The van der Waals surface area contributed by atoms with E-state index in [2.05, 4.69) is 32.9 Å². The number of esters is 3. The van der Waals surface area contributed by atoms with Crippen molar-refractivity contribution in [2.24, 2.45) is 0 Å². The van der Waals surface area contributed by atoms with Crippen LogP contribution in [0.1, 0.15) is 303 Å². The van der Waals surface area contributed by atoms with E-state index in [0.29, 0.717) is 19.3 Å². The molecule has 0 aromatic rings. The van der Waals surface area contributed by atoms with Gasteiger partial charge in [0.05, 0.1) is 13.2 Å². The van der Waals surface area contributed by atoms with Crippen LogP contribution >= 0.6 is 7.82 Å². The number of phosphoric ester groups is 1. The van der Waals surface area contributed by atoms with Crippen molar-refractivity contribution in [1.29, 1.82) is 0 Å². The highest BCUT2D eigenvalue weighted by Gasteiger charge is 2.58. The molecule has 11 N–H and O–H groups in total. The smallest absolute Gasteiger partial charge is 0.463 e. The molecule has 18 atom stereocenters. The molecule has 1 aliphatic carbocycles. The highest BCUT2D eigenvalue weighted by Crippen LogP contribution is 2.49. The van der Waals surface area contributed by atoms with Crippen molar-refractivity contribution in [1.82, 2.24) is 0 Å². The molecule has 2 aliphatic heterocycles. The molecule has 0 radical (unpaired) electrons. The van der Waals surface area contributed by atoms with Crippen LogP contribution in [0.5, 0.6) is 0 Å². The molecule has 3 rings (SSSR count). The van der Waals surface area contributed by atoms with Crippen LogP contribution in [0, 0.1) is 0 Å². The summed E-state index contributed by atoms with van der Waals surface area (Å²) in [7, 11) is -5.69. The van der Waals surface area contributed by atoms with E-state index < -0.39 is 156 Å². The van der Waals surface area contributed by atoms with Crippen molar-refractivity contribution in [3.63, 3.8) is 0 Å². The van der Waals surface area contributed by atoms with Gasteiger partial charge in [-0.05, 0) is 44.9 Å². The minimum Gasteiger partial charge on any atom is -0.463 e. The Balaban J connectivity index is 1.73. The number of hydrogen-bond acceptors (Lipinski definition) is 23. The van der Waals surface area contributed by atoms with E-state index in [4.69, 9.17) is 42.2 Å². The molecule has 18 unspecified atom stereocenters. The normalized spacial score (nSPS) is 27.7. The first-order valence-electron chi connectivity index (χ1n) is 38.5. The second-order valence-corrected chi connectivity index (χ2v) is 29.1. The highest BCUT2D eigenvalue weighted by molar-refractivity contribution is 7.47. The number of ether oxygens (including phenoxy) is 7. The Morgan fingerprint density at radius 1 is 0.388 bits per heavy atom. The molecule has 0 bridgehead atoms. The van der Waals surface area contributed by atoms with Gasteiger partial charge in [-0.2, -0.15) is 0 Å². The topological polar surface area (TPSA) is 374 Å². The van der Waals surface area contributed by atoms with Crippen LogP contribution in [0.4, 0.5) is 0 Å². The molecule has 24 nitrogen and oxygen atoms in total. The third-order valence-electron chi connectivity index (χ3n) is 19.0. The van der Waals surface area contributed by atoms with E-state index >= 15 is 0 Å². The van der Waals surface area contributed by atoms with Gasteiger partial charge in [-0.1, -0.05) is 251 Å². The Labute approximate surface area is 586 Å². The predicted molar refractivity (Wildman–Crippen MR) is 370 cm³/mol. The van der Waals surface area contributed by atoms with E-state index in [0.717, 1.165) is 109 Å². The molecular weight excluding hydrogens is 1290 g/mol. The van der Waals surface area contributed by atoms with Crippen LogP contribution in [-0.2, 0) is 61.2 Å². The Bertz CT molecular complexity index is 2080. The first-order valence-corrected chi connectivity index (χ1v) is 40.0. The van der Waals surface area contributed by atoms with Crippen LogP contribution in [-0.4, -0.2) is 204 Å². The lowest BCUT2D eigenvalue weighted by Gasteiger charge is -2.49. The average molecular weight is 1430 g/mol. The summed E-state index contributed by atoms with van der Waals surface area (Å²) >= 11 is 0. The summed E-state index contributed by atoms with van der Waals surface area (Å²) in [6.45, 7) is 3.45. The van der Waals surface area contributed by atoms with Gasteiger partial charge in [-0.3, -0.25) is 23.4 Å². The van der Waals surface area contributed by atoms with Crippen LogP contribution in [0.3, 0.4) is 0 Å². The molecule has 2 heterocycles. The monoisotopic (exact) mass is 1430 g/mol. The van der Waals surface area contributed by atoms with E-state index in [1.165, 1.54) is 135 Å². The van der Waals surface area contributed by atoms with Crippen molar-refractivity contribution in [2.75, 3.05) is 26.4 Å². The number of aliphatic hydroxyl groups is 10. The summed E-state index contributed by atoms with van der Waals surface area (Å²) in [6, 6.07) is 0. The number of aliphatic hydroxyl groups excluding tert-OH is 10. The fourth-order valence-corrected chi connectivity index (χ4v) is 13.7. The number of phosphoric acid groups is 1. The first-order chi connectivity index (χ1) is 47.3. The van der Waals surface area contributed by atoms with Crippen molar-refractivity contribution in [3.8, 4) is 0 Å². The Kier molecular flexibility index (Phi) is 50.7. The molecule has 0 amide bonds. The van der Waals surface area contributed by atoms with Crippen LogP contribution in [0.25, 0.3) is 0 Å². The number of carbonyl (C=O) groups is 3. The molecule has 0 spiro atoms. The molecule has 0 aromatic carbocycles. The van der Waals surface area contributed by atoms with Crippen LogP contribution in [0.15, 0.2) is 12.2 Å². The fourth-order valence-electron chi connectivity index (χ4n) is 12.8. The quantitative estimate of drug-likeness (QED) is 0.00886. The number of hydrogen-bond donors (Lipinski definition) is 11. The number of unbranched alkanes of at least 4 members (excludes halogenated alkanes) is 37. The minimum atomic E-state index is -5.69. The van der Waals surface area contributed by atoms with E-state index in [9.17, 15) is 74.9 Å². The van der Waals surface area contributed by atoms with Gasteiger partial charge in [0.1, 0.15) is 98.7 Å². The van der Waals surface area contributed by atoms with Crippen LogP contribution < -0.4 is 0 Å². The Morgan fingerprint density at radius 3 is 1.11 bits per heavy atom. The van der Waals surface area contributed by atoms with Crippen molar-refractivity contribution in [2.45, 2.75) is 407 Å². The number of carbonyl (C=O) groups excluding carboxylic acids is 3. The van der Waals surface area contributed by atoms with Gasteiger partial charge in [0.2, 0.25) is 0 Å². The zero-order chi connectivity index (χ0) is 71.8. The lowest BCUT2D eigenvalue weighted by Crippen LogP contribution is -2.69. The van der Waals surface area contributed by atoms with Crippen molar-refractivity contribution < 1.29 is 117 Å². The summed E-state index contributed by atoms with van der Waals surface area (Å²) in [5, 5.41) is 110. The fraction of sp³-hybridized carbons (Fsp3) is 0.932. The van der Waals surface area contributed by atoms with E-state index in [1.807, 2.05) is 0 Å². The standard InChI is InChI=1S/C73H135O24P/c1-4-7-10-13-16-19-22-25-28-31-34-37-40-43-46-49-59(77)92-54(51-89-57(75)47-44-41-38-35-32-29-26-23-20-17-14-11-8-5-2)52-91-98(87,88)97-71-69(95-72-67(85)62(80)60(78)55(50-74)93-72)65(83)64(82)66(84)70(71)96-73-68(86)63(81)61(79)56(94-73)53-90-58(76)48-45-42-39-36-33-30-27-24-21-18-15-12-9-6-3/h19,22,54-56,60-74,78-86H,4-18,20-21,23-53H2,1-3H3,(H,87,88)/b22-19-. The third kappa shape index (κ3) is 37.9. The molecule has 2 saturated heterocycles. The molecule has 0 aromatic heterocycles. The third-order valence-corrected chi connectivity index (χ3v) is 20.0. The molecular formula is C73H135O24P. The van der Waals surface area contributed by atoms with Crippen molar-refractivity contribution >= 4 is 25.7 Å². The molecule has 3 aliphatic rings. The van der Waals surface area contributed by atoms with E-state index in [1.54, 1.807) is 0 Å². The van der Waals surface area contributed by atoms with E-state index in [-0.39, 0.29) is 19.3 Å². The lowest BCUT2D eigenvalue weighted by atomic mass is 9.84. The average Bonchev–Trinajstić information content (AvgIpc) is 0.762. The van der Waals surface area contributed by atoms with Gasteiger partial charge < -0.3 is 89.1 Å². The second-order valence-electron chi connectivity index (χ2n) is 27.7. The zero-order valence-corrected chi connectivity index (χ0v) is 61.0. The Hall–Kier alpha value is -2.30. The molecule has 3 fully saturated rings. The van der Waals surface area contributed by atoms with Crippen LogP contribution in [0.2, 0.25) is 0 Å². The molecule has 25 heteroatoms. The van der Waals surface area contributed by atoms with Gasteiger partial charge in [0, 0.05) is 19.3 Å². The Morgan fingerprint density at radius 2 is 0.714 bits per heavy atom. The maximum absolute atomic E-state index is 14.3. The molecule has 576 valence electrons. The second kappa shape index (κ2) is 55.2. The van der Waals surface area contributed by atoms with Gasteiger partial charge in [0.25, 0.3) is 0 Å². The number of rotatable bonds is 60. The lowest BCUT2D eigenvalue weighted by molar-refractivity contribution is -0.360. The maximum Gasteiger partial charge on any atom is 0.472 e. The predicted octanol–water partition coefficient (Wildman–Crippen LogP) is 10.7. The van der Waals surface area contributed by atoms with Gasteiger partial charge >= 0.3 is 25.7 Å². The summed E-state index contributed by atoms with van der Waals surface area (Å²) in [6.07, 6.45) is 14.1. The summed E-state index contributed by atoms with van der Waals surface area (Å²) in [4.78, 5) is 51.0. The summed E-state index contributed by atoms with van der Waals surface area (Å²) < 4.78 is 65.1. The summed E-state index contributed by atoms with van der Waals surface area (Å²) in [5.41, 5.74) is 0. The number of allylic oxidation sites excluding steroid dienone is 2. The van der Waals surface area contributed by atoms with Crippen molar-refractivity contribution in [3.05, 3.63) is 12.2 Å².